The Morgan fingerprint density at radius 2 is 1.76 bits per heavy atom. The highest BCUT2D eigenvalue weighted by atomic mass is 16.5. The van der Waals surface area contributed by atoms with Crippen molar-refractivity contribution in [1.82, 2.24) is 0 Å². The third-order valence-electron chi connectivity index (χ3n) is 4.26. The second-order valence-electron chi connectivity index (χ2n) is 6.24. The van der Waals surface area contributed by atoms with E-state index in [1.165, 1.54) is 10.5 Å². The molecule has 2 aromatic carbocycles. The number of ketones is 1. The lowest BCUT2D eigenvalue weighted by Gasteiger charge is -2.21. The number of carbonyl (C=O) groups excluding carboxylic acids is 1. The van der Waals surface area contributed by atoms with Gasteiger partial charge in [-0.3, -0.25) is 4.79 Å². The molecule has 0 aliphatic heterocycles. The molecule has 0 bridgehead atoms. The average Bonchev–Trinajstić information content (AvgIpc) is 2.66. The van der Waals surface area contributed by atoms with Gasteiger partial charge in [-0.1, -0.05) is 37.3 Å². The van der Waals surface area contributed by atoms with E-state index in [1.807, 2.05) is 25.1 Å². The minimum atomic E-state index is -0.532. The van der Waals surface area contributed by atoms with Crippen LogP contribution in [0.4, 0.5) is 0 Å². The Kier molecular flexibility index (Phi) is 7.64. The number of hydrogen-bond acceptors (Lipinski definition) is 3. The molecule has 0 heterocycles. The van der Waals surface area contributed by atoms with Gasteiger partial charge in [0.05, 0.1) is 6.54 Å². The predicted molar refractivity (Wildman–Crippen MR) is 99.1 cm³/mol. The summed E-state index contributed by atoms with van der Waals surface area (Å²) >= 11 is 0. The van der Waals surface area contributed by atoms with Gasteiger partial charge in [-0.25, -0.2) is 0 Å². The molecule has 0 radical (unpaired) electrons. The van der Waals surface area contributed by atoms with Crippen molar-refractivity contribution in [1.29, 1.82) is 0 Å². The lowest BCUT2D eigenvalue weighted by molar-refractivity contribution is -0.915. The number of nitrogens with one attached hydrogen (secondary N) is 1. The summed E-state index contributed by atoms with van der Waals surface area (Å²) in [6.07, 6.45) is -0.0358. The fourth-order valence-electron chi connectivity index (χ4n) is 2.75. The summed E-state index contributed by atoms with van der Waals surface area (Å²) < 4.78 is 5.66. The number of carbonyl (C=O) groups is 1. The number of rotatable bonds is 10. The Morgan fingerprint density at radius 3 is 2.36 bits per heavy atom. The van der Waals surface area contributed by atoms with Crippen molar-refractivity contribution in [2.24, 2.45) is 0 Å². The van der Waals surface area contributed by atoms with Gasteiger partial charge in [0.1, 0.15) is 31.5 Å². The van der Waals surface area contributed by atoms with Crippen molar-refractivity contribution in [2.45, 2.75) is 32.9 Å². The molecule has 4 heteroatoms. The van der Waals surface area contributed by atoms with E-state index in [2.05, 4.69) is 19.1 Å². The van der Waals surface area contributed by atoms with Crippen LogP contribution in [0.1, 0.15) is 36.2 Å². The maximum absolute atomic E-state index is 11.6. The SMILES string of the molecule is CCC(=O)c1ccc(OC[C@H](O)C[NH+](CC)Cc2ccccc2)cc1. The number of quaternary nitrogens is 1. The fraction of sp³-hybridized carbons (Fsp3) is 0.381. The van der Waals surface area contributed by atoms with Crippen molar-refractivity contribution >= 4 is 5.78 Å². The molecule has 0 aliphatic carbocycles. The molecule has 4 nitrogen and oxygen atoms in total. The van der Waals surface area contributed by atoms with Crippen LogP contribution in [-0.2, 0) is 6.54 Å². The second kappa shape index (κ2) is 9.97. The lowest BCUT2D eigenvalue weighted by Crippen LogP contribution is -3.11. The van der Waals surface area contributed by atoms with Crippen LogP contribution in [0.3, 0.4) is 0 Å². The Labute approximate surface area is 150 Å². The van der Waals surface area contributed by atoms with Crippen LogP contribution in [0.2, 0.25) is 0 Å². The van der Waals surface area contributed by atoms with Crippen molar-refractivity contribution in [3.8, 4) is 5.75 Å². The smallest absolute Gasteiger partial charge is 0.162 e. The highest BCUT2D eigenvalue weighted by Crippen LogP contribution is 2.13. The molecule has 134 valence electrons. The van der Waals surface area contributed by atoms with Crippen molar-refractivity contribution in [3.63, 3.8) is 0 Å². The molecule has 0 spiro atoms. The first-order valence-electron chi connectivity index (χ1n) is 8.94. The fourth-order valence-corrected chi connectivity index (χ4v) is 2.75. The van der Waals surface area contributed by atoms with E-state index in [0.29, 0.717) is 24.3 Å². The van der Waals surface area contributed by atoms with E-state index in [1.54, 1.807) is 24.3 Å². The third kappa shape index (κ3) is 6.33. The minimum Gasteiger partial charge on any atom is -0.491 e. The van der Waals surface area contributed by atoms with E-state index in [-0.39, 0.29) is 12.4 Å². The quantitative estimate of drug-likeness (QED) is 0.651. The van der Waals surface area contributed by atoms with Gasteiger partial charge in [0.2, 0.25) is 0 Å². The van der Waals surface area contributed by atoms with E-state index in [4.69, 9.17) is 4.74 Å². The van der Waals surface area contributed by atoms with Crippen LogP contribution in [0.25, 0.3) is 0 Å². The number of aliphatic hydroxyl groups excluding tert-OH is 1. The molecule has 1 unspecified atom stereocenters. The van der Waals surface area contributed by atoms with Crippen molar-refractivity contribution in [3.05, 3.63) is 65.7 Å². The van der Waals surface area contributed by atoms with Gasteiger partial charge in [-0.2, -0.15) is 0 Å². The van der Waals surface area contributed by atoms with Gasteiger partial charge in [0, 0.05) is 17.5 Å². The van der Waals surface area contributed by atoms with Gasteiger partial charge >= 0.3 is 0 Å². The third-order valence-corrected chi connectivity index (χ3v) is 4.26. The van der Waals surface area contributed by atoms with Crippen LogP contribution in [-0.4, -0.2) is 36.7 Å². The van der Waals surface area contributed by atoms with Gasteiger partial charge in [-0.05, 0) is 31.2 Å². The molecule has 0 saturated carbocycles. The van der Waals surface area contributed by atoms with Gasteiger partial charge < -0.3 is 14.7 Å². The second-order valence-corrected chi connectivity index (χ2v) is 6.24. The van der Waals surface area contributed by atoms with Crippen molar-refractivity contribution < 1.29 is 19.5 Å². The first-order chi connectivity index (χ1) is 12.1. The normalized spacial score (nSPS) is 13.2. The summed E-state index contributed by atoms with van der Waals surface area (Å²) in [6, 6.07) is 17.4. The summed E-state index contributed by atoms with van der Waals surface area (Å²) in [5.41, 5.74) is 1.96. The summed E-state index contributed by atoms with van der Waals surface area (Å²) in [6.45, 7) is 6.69. The number of aliphatic hydroxyl groups is 1. The predicted octanol–water partition coefficient (Wildman–Crippen LogP) is 2.12. The van der Waals surface area contributed by atoms with Crippen LogP contribution in [0.5, 0.6) is 5.75 Å². The highest BCUT2D eigenvalue weighted by Gasteiger charge is 2.15. The zero-order valence-corrected chi connectivity index (χ0v) is 15.1. The number of ether oxygens (including phenoxy) is 1. The zero-order valence-electron chi connectivity index (χ0n) is 15.1. The summed E-state index contributed by atoms with van der Waals surface area (Å²) in [4.78, 5) is 12.9. The summed E-state index contributed by atoms with van der Waals surface area (Å²) in [5.74, 6) is 0.794. The minimum absolute atomic E-state index is 0.120. The Balaban J connectivity index is 1.80. The molecule has 0 amide bonds. The first kappa shape index (κ1) is 19.2. The highest BCUT2D eigenvalue weighted by molar-refractivity contribution is 5.95. The number of benzene rings is 2. The monoisotopic (exact) mass is 342 g/mol. The Bertz CT molecular complexity index is 640. The van der Waals surface area contributed by atoms with E-state index in [0.717, 1.165) is 13.1 Å². The molecular formula is C21H28NO3+. The maximum Gasteiger partial charge on any atom is 0.162 e. The van der Waals surface area contributed by atoms with Crippen molar-refractivity contribution in [2.75, 3.05) is 19.7 Å². The van der Waals surface area contributed by atoms with Crippen LogP contribution >= 0.6 is 0 Å². The number of Topliss-reactive ketones (excluding diaryl/α,β-unsaturated/α-hetero) is 1. The van der Waals surface area contributed by atoms with Crippen LogP contribution < -0.4 is 9.64 Å². The Morgan fingerprint density at radius 1 is 1.08 bits per heavy atom. The molecule has 2 atom stereocenters. The lowest BCUT2D eigenvalue weighted by atomic mass is 10.1. The van der Waals surface area contributed by atoms with E-state index >= 15 is 0 Å². The first-order valence-corrected chi connectivity index (χ1v) is 8.94. The van der Waals surface area contributed by atoms with Gasteiger partial charge in [-0.15, -0.1) is 0 Å². The molecule has 0 aromatic heterocycles. The standard InChI is InChI=1S/C21H27NO3/c1-3-21(24)18-10-12-20(13-11-18)25-16-19(23)15-22(4-2)14-17-8-6-5-7-9-17/h5-13,19,23H,3-4,14-16H2,1-2H3/p+1/t19-/m1/s1. The van der Waals surface area contributed by atoms with Crippen LogP contribution in [0, 0.1) is 0 Å². The molecule has 2 N–H and O–H groups in total. The Hall–Kier alpha value is -2.17. The van der Waals surface area contributed by atoms with E-state index < -0.39 is 6.10 Å². The molecule has 2 aromatic rings. The molecule has 0 saturated heterocycles. The van der Waals surface area contributed by atoms with E-state index in [9.17, 15) is 9.90 Å². The number of likely N-dealkylation sites (N-methyl/N-ethyl adjacent to an activating group) is 1. The molecule has 0 fully saturated rings. The maximum atomic E-state index is 11.6. The van der Waals surface area contributed by atoms with Gasteiger partial charge in [0.25, 0.3) is 0 Å². The van der Waals surface area contributed by atoms with Gasteiger partial charge in [0.15, 0.2) is 5.78 Å². The number of hydrogen-bond donors (Lipinski definition) is 2. The molecule has 25 heavy (non-hydrogen) atoms. The summed E-state index contributed by atoms with van der Waals surface area (Å²) in [7, 11) is 0. The topological polar surface area (TPSA) is 51.0 Å². The molecule has 0 aliphatic rings. The van der Waals surface area contributed by atoms with Crippen LogP contribution in [0.15, 0.2) is 54.6 Å². The summed E-state index contributed by atoms with van der Waals surface area (Å²) in [5, 5.41) is 10.3. The molecular weight excluding hydrogens is 314 g/mol. The zero-order chi connectivity index (χ0) is 18.1. The molecule has 2 rings (SSSR count). The largest absolute Gasteiger partial charge is 0.491 e. The average molecular weight is 342 g/mol.